The van der Waals surface area contributed by atoms with Gasteiger partial charge in [-0.05, 0) is 12.3 Å². The number of aromatic nitrogens is 2. The Labute approximate surface area is 84.2 Å². The molecule has 1 aliphatic rings. The van der Waals surface area contributed by atoms with Crippen LogP contribution in [0.3, 0.4) is 0 Å². The molecule has 0 aromatic carbocycles. The van der Waals surface area contributed by atoms with Crippen molar-refractivity contribution in [3.05, 3.63) is 18.1 Å². The van der Waals surface area contributed by atoms with Gasteiger partial charge in [0, 0.05) is 25.7 Å². The molecule has 4 heteroatoms. The Bertz CT molecular complexity index is 313. The van der Waals surface area contributed by atoms with Crippen molar-refractivity contribution in [2.75, 3.05) is 18.0 Å². The molecule has 1 aliphatic heterocycles. The largest absolute Gasteiger partial charge is 0.356 e. The number of rotatable bonds is 2. The zero-order chi connectivity index (χ0) is 9.97. The van der Waals surface area contributed by atoms with Crippen LogP contribution in [-0.2, 0) is 6.54 Å². The SMILES string of the molecule is CC1CCN(c2cc(CN)ncn2)C1. The van der Waals surface area contributed by atoms with E-state index in [-0.39, 0.29) is 0 Å². The summed E-state index contributed by atoms with van der Waals surface area (Å²) in [5, 5.41) is 0. The summed E-state index contributed by atoms with van der Waals surface area (Å²) in [6.45, 7) is 4.95. The average molecular weight is 192 g/mol. The fraction of sp³-hybridized carbons (Fsp3) is 0.600. The van der Waals surface area contributed by atoms with Gasteiger partial charge < -0.3 is 10.6 Å². The third-order valence-corrected chi connectivity index (χ3v) is 2.67. The maximum absolute atomic E-state index is 5.54. The summed E-state index contributed by atoms with van der Waals surface area (Å²) in [5.41, 5.74) is 6.45. The quantitative estimate of drug-likeness (QED) is 0.752. The Morgan fingerprint density at radius 2 is 2.43 bits per heavy atom. The molecule has 0 saturated carbocycles. The first-order valence-corrected chi connectivity index (χ1v) is 5.05. The van der Waals surface area contributed by atoms with Gasteiger partial charge in [0.25, 0.3) is 0 Å². The molecule has 2 N–H and O–H groups in total. The highest BCUT2D eigenvalue weighted by atomic mass is 15.2. The standard InChI is InChI=1S/C10H16N4/c1-8-2-3-14(6-8)10-4-9(5-11)12-7-13-10/h4,7-8H,2-3,5-6,11H2,1H3. The van der Waals surface area contributed by atoms with Gasteiger partial charge in [0.15, 0.2) is 0 Å². The Morgan fingerprint density at radius 1 is 1.57 bits per heavy atom. The van der Waals surface area contributed by atoms with Gasteiger partial charge in [0.2, 0.25) is 0 Å². The topological polar surface area (TPSA) is 55.0 Å². The lowest BCUT2D eigenvalue weighted by molar-refractivity contribution is 0.658. The van der Waals surface area contributed by atoms with Gasteiger partial charge >= 0.3 is 0 Å². The molecule has 1 saturated heterocycles. The Kier molecular flexibility index (Phi) is 2.63. The Balaban J connectivity index is 2.15. The predicted molar refractivity (Wildman–Crippen MR) is 55.9 cm³/mol. The van der Waals surface area contributed by atoms with E-state index in [1.54, 1.807) is 6.33 Å². The first kappa shape index (κ1) is 9.40. The zero-order valence-electron chi connectivity index (χ0n) is 8.48. The van der Waals surface area contributed by atoms with Crippen LogP contribution in [0.1, 0.15) is 19.0 Å². The normalized spacial score (nSPS) is 21.6. The summed E-state index contributed by atoms with van der Waals surface area (Å²) >= 11 is 0. The second-order valence-electron chi connectivity index (χ2n) is 3.91. The molecule has 1 aromatic rings. The van der Waals surface area contributed by atoms with Gasteiger partial charge in [0.05, 0.1) is 5.69 Å². The smallest absolute Gasteiger partial charge is 0.132 e. The minimum Gasteiger partial charge on any atom is -0.356 e. The molecule has 0 amide bonds. The van der Waals surface area contributed by atoms with Gasteiger partial charge in [-0.15, -0.1) is 0 Å². The summed E-state index contributed by atoms with van der Waals surface area (Å²) in [4.78, 5) is 10.6. The van der Waals surface area contributed by atoms with Crippen LogP contribution in [0.25, 0.3) is 0 Å². The maximum atomic E-state index is 5.54. The van der Waals surface area contributed by atoms with E-state index in [0.29, 0.717) is 6.54 Å². The third-order valence-electron chi connectivity index (χ3n) is 2.67. The van der Waals surface area contributed by atoms with Crippen LogP contribution in [0.15, 0.2) is 12.4 Å². The van der Waals surface area contributed by atoms with Crippen molar-refractivity contribution in [3.8, 4) is 0 Å². The second kappa shape index (κ2) is 3.92. The third kappa shape index (κ3) is 1.85. The lowest BCUT2D eigenvalue weighted by Gasteiger charge is -2.16. The van der Waals surface area contributed by atoms with E-state index in [0.717, 1.165) is 30.5 Å². The van der Waals surface area contributed by atoms with E-state index < -0.39 is 0 Å². The van der Waals surface area contributed by atoms with Gasteiger partial charge in [-0.25, -0.2) is 9.97 Å². The minimum atomic E-state index is 0.485. The second-order valence-corrected chi connectivity index (χ2v) is 3.91. The predicted octanol–water partition coefficient (Wildman–Crippen LogP) is 0.782. The minimum absolute atomic E-state index is 0.485. The highest BCUT2D eigenvalue weighted by Gasteiger charge is 2.19. The van der Waals surface area contributed by atoms with Crippen LogP contribution in [0.4, 0.5) is 5.82 Å². The summed E-state index contributed by atoms with van der Waals surface area (Å²) < 4.78 is 0. The lowest BCUT2D eigenvalue weighted by atomic mass is 10.2. The van der Waals surface area contributed by atoms with Gasteiger partial charge in [-0.3, -0.25) is 0 Å². The van der Waals surface area contributed by atoms with Crippen LogP contribution in [-0.4, -0.2) is 23.1 Å². The Morgan fingerprint density at radius 3 is 3.07 bits per heavy atom. The van der Waals surface area contributed by atoms with Crippen LogP contribution >= 0.6 is 0 Å². The first-order valence-electron chi connectivity index (χ1n) is 5.05. The molecule has 0 radical (unpaired) electrons. The van der Waals surface area contributed by atoms with E-state index in [4.69, 9.17) is 5.73 Å². The van der Waals surface area contributed by atoms with Gasteiger partial charge in [0.1, 0.15) is 12.1 Å². The maximum Gasteiger partial charge on any atom is 0.132 e. The van der Waals surface area contributed by atoms with Crippen molar-refractivity contribution in [1.29, 1.82) is 0 Å². The van der Waals surface area contributed by atoms with Crippen LogP contribution in [0, 0.1) is 5.92 Å². The van der Waals surface area contributed by atoms with Crippen LogP contribution in [0.5, 0.6) is 0 Å². The highest BCUT2D eigenvalue weighted by molar-refractivity contribution is 5.39. The monoisotopic (exact) mass is 192 g/mol. The Hall–Kier alpha value is -1.16. The van der Waals surface area contributed by atoms with Crippen molar-refractivity contribution in [1.82, 2.24) is 9.97 Å². The molecule has 1 fully saturated rings. The number of anilines is 1. The van der Waals surface area contributed by atoms with Crippen molar-refractivity contribution in [2.45, 2.75) is 19.9 Å². The van der Waals surface area contributed by atoms with E-state index in [1.807, 2.05) is 6.07 Å². The van der Waals surface area contributed by atoms with Crippen molar-refractivity contribution in [3.63, 3.8) is 0 Å². The first-order chi connectivity index (χ1) is 6.79. The molecule has 0 aliphatic carbocycles. The van der Waals surface area contributed by atoms with Crippen molar-refractivity contribution >= 4 is 5.82 Å². The zero-order valence-corrected chi connectivity index (χ0v) is 8.48. The molecular weight excluding hydrogens is 176 g/mol. The summed E-state index contributed by atoms with van der Waals surface area (Å²) in [6, 6.07) is 1.98. The summed E-state index contributed by atoms with van der Waals surface area (Å²) in [6.07, 6.45) is 2.85. The molecule has 1 unspecified atom stereocenters. The van der Waals surface area contributed by atoms with Gasteiger partial charge in [-0.2, -0.15) is 0 Å². The van der Waals surface area contributed by atoms with Crippen LogP contribution in [0.2, 0.25) is 0 Å². The van der Waals surface area contributed by atoms with Crippen molar-refractivity contribution < 1.29 is 0 Å². The van der Waals surface area contributed by atoms with Crippen LogP contribution < -0.4 is 10.6 Å². The summed E-state index contributed by atoms with van der Waals surface area (Å²) in [7, 11) is 0. The van der Waals surface area contributed by atoms with E-state index in [1.165, 1.54) is 6.42 Å². The molecule has 14 heavy (non-hydrogen) atoms. The molecule has 4 nitrogen and oxygen atoms in total. The number of nitrogens with two attached hydrogens (primary N) is 1. The number of nitrogens with zero attached hydrogens (tertiary/aromatic N) is 3. The molecule has 2 rings (SSSR count). The van der Waals surface area contributed by atoms with Gasteiger partial charge in [-0.1, -0.05) is 6.92 Å². The van der Waals surface area contributed by atoms with Crippen molar-refractivity contribution in [2.24, 2.45) is 11.7 Å². The lowest BCUT2D eigenvalue weighted by Crippen LogP contribution is -2.20. The molecular formula is C10H16N4. The molecule has 2 heterocycles. The highest BCUT2D eigenvalue weighted by Crippen LogP contribution is 2.21. The van der Waals surface area contributed by atoms with E-state index >= 15 is 0 Å². The van der Waals surface area contributed by atoms with E-state index in [2.05, 4.69) is 21.8 Å². The molecule has 0 bridgehead atoms. The molecule has 1 aromatic heterocycles. The molecule has 76 valence electrons. The molecule has 1 atom stereocenters. The molecule has 0 spiro atoms. The number of hydrogen-bond acceptors (Lipinski definition) is 4. The van der Waals surface area contributed by atoms with E-state index in [9.17, 15) is 0 Å². The fourth-order valence-corrected chi connectivity index (χ4v) is 1.81. The number of hydrogen-bond donors (Lipinski definition) is 1. The summed E-state index contributed by atoms with van der Waals surface area (Å²) in [5.74, 6) is 1.79. The average Bonchev–Trinajstić information content (AvgIpc) is 2.65. The fourth-order valence-electron chi connectivity index (χ4n) is 1.81.